The van der Waals surface area contributed by atoms with Gasteiger partial charge in [0.15, 0.2) is 0 Å². The molecule has 0 aliphatic carbocycles. The zero-order chi connectivity index (χ0) is 19.6. The van der Waals surface area contributed by atoms with Gasteiger partial charge < -0.3 is 4.98 Å². The zero-order valence-electron chi connectivity index (χ0n) is 15.8. The van der Waals surface area contributed by atoms with Gasteiger partial charge in [-0.1, -0.05) is 30.3 Å². The van der Waals surface area contributed by atoms with Crippen LogP contribution in [0.15, 0.2) is 71.1 Å². The van der Waals surface area contributed by atoms with Crippen molar-refractivity contribution in [2.75, 3.05) is 6.54 Å². The Labute approximate surface area is 172 Å². The molecule has 4 aromatic rings. The molecule has 6 heteroatoms. The van der Waals surface area contributed by atoms with Crippen molar-refractivity contribution in [2.45, 2.75) is 19.5 Å². The van der Waals surface area contributed by atoms with E-state index in [1.807, 2.05) is 18.2 Å². The van der Waals surface area contributed by atoms with Gasteiger partial charge in [0.2, 0.25) is 0 Å². The summed E-state index contributed by atoms with van der Waals surface area (Å²) in [7, 11) is 0. The largest absolute Gasteiger partial charge is 0.306 e. The van der Waals surface area contributed by atoms with Crippen LogP contribution < -0.4 is 5.56 Å². The first kappa shape index (κ1) is 18.0. The van der Waals surface area contributed by atoms with Crippen LogP contribution in [0.3, 0.4) is 0 Å². The summed E-state index contributed by atoms with van der Waals surface area (Å²) in [5.41, 5.74) is 5.03. The lowest BCUT2D eigenvalue weighted by Gasteiger charge is -2.27. The van der Waals surface area contributed by atoms with E-state index in [0.29, 0.717) is 12.4 Å². The Hall–Kier alpha value is -3.09. The van der Waals surface area contributed by atoms with Gasteiger partial charge in [0.1, 0.15) is 5.82 Å². The Morgan fingerprint density at radius 1 is 1.03 bits per heavy atom. The van der Waals surface area contributed by atoms with E-state index < -0.39 is 0 Å². The van der Waals surface area contributed by atoms with E-state index in [2.05, 4.69) is 50.6 Å². The van der Waals surface area contributed by atoms with E-state index in [9.17, 15) is 4.79 Å². The summed E-state index contributed by atoms with van der Waals surface area (Å²) in [4.78, 5) is 28.0. The number of H-pyrrole nitrogens is 1. The van der Waals surface area contributed by atoms with Crippen LogP contribution in [0.1, 0.15) is 16.1 Å². The third kappa shape index (κ3) is 3.77. The number of nitrogens with zero attached hydrogens (tertiary/aromatic N) is 3. The molecule has 3 aromatic heterocycles. The number of hydrogen-bond donors (Lipinski definition) is 1. The van der Waals surface area contributed by atoms with Crippen molar-refractivity contribution in [3.8, 4) is 22.5 Å². The molecule has 5 nitrogen and oxygen atoms in total. The van der Waals surface area contributed by atoms with Gasteiger partial charge in [-0.25, -0.2) is 4.98 Å². The molecule has 0 fully saturated rings. The fraction of sp³-hybridized carbons (Fsp3) is 0.174. The van der Waals surface area contributed by atoms with Crippen molar-refractivity contribution in [1.29, 1.82) is 0 Å². The molecule has 0 saturated heterocycles. The molecule has 4 heterocycles. The highest BCUT2D eigenvalue weighted by Gasteiger charge is 2.22. The van der Waals surface area contributed by atoms with Gasteiger partial charge >= 0.3 is 0 Å². The summed E-state index contributed by atoms with van der Waals surface area (Å²) in [5.74, 6) is 0.621. The van der Waals surface area contributed by atoms with Crippen molar-refractivity contribution in [1.82, 2.24) is 19.9 Å². The number of nitrogens with one attached hydrogen (secondary N) is 1. The van der Waals surface area contributed by atoms with Crippen LogP contribution in [0.5, 0.6) is 0 Å². The molecule has 144 valence electrons. The normalized spacial score (nSPS) is 13.9. The number of pyridine rings is 1. The smallest absolute Gasteiger partial charge is 0.255 e. The highest BCUT2D eigenvalue weighted by atomic mass is 32.1. The number of aromatic nitrogens is 3. The monoisotopic (exact) mass is 400 g/mol. The van der Waals surface area contributed by atoms with Gasteiger partial charge in [-0.15, -0.1) is 11.3 Å². The fourth-order valence-corrected chi connectivity index (χ4v) is 4.66. The number of fused-ring (bicyclic) bond motifs is 1. The standard InChI is InChI=1S/C23H20N4OS/c28-23-20-14-27(13-19-12-18(15-29-19)16-4-2-1-3-5-16)11-8-21(20)25-22(26-23)17-6-9-24-10-7-17/h1-7,9-10,12,15H,8,11,13-14H2,(H,25,26,28). The average molecular weight is 401 g/mol. The second-order valence-electron chi connectivity index (χ2n) is 7.20. The summed E-state index contributed by atoms with van der Waals surface area (Å²) >= 11 is 1.77. The molecule has 0 unspecified atom stereocenters. The highest BCUT2D eigenvalue weighted by molar-refractivity contribution is 7.10. The molecule has 1 aliphatic rings. The summed E-state index contributed by atoms with van der Waals surface area (Å²) in [5, 5.41) is 2.21. The van der Waals surface area contributed by atoms with Crippen molar-refractivity contribution in [3.05, 3.63) is 92.8 Å². The Bertz CT molecular complexity index is 1180. The van der Waals surface area contributed by atoms with E-state index >= 15 is 0 Å². The maximum Gasteiger partial charge on any atom is 0.255 e. The molecule has 1 aliphatic heterocycles. The van der Waals surface area contributed by atoms with Gasteiger partial charge in [-0.2, -0.15) is 0 Å². The molecule has 0 amide bonds. The summed E-state index contributed by atoms with van der Waals surface area (Å²) in [6.07, 6.45) is 4.21. The predicted octanol–water partition coefficient (Wildman–Crippen LogP) is 4.12. The molecule has 1 aromatic carbocycles. The Morgan fingerprint density at radius 2 is 1.86 bits per heavy atom. The van der Waals surface area contributed by atoms with Crippen molar-refractivity contribution < 1.29 is 0 Å². The number of hydrogen-bond acceptors (Lipinski definition) is 5. The van der Waals surface area contributed by atoms with Crippen molar-refractivity contribution in [2.24, 2.45) is 0 Å². The van der Waals surface area contributed by atoms with Gasteiger partial charge in [-0.05, 0) is 34.7 Å². The molecule has 1 N–H and O–H groups in total. The van der Waals surface area contributed by atoms with Gasteiger partial charge in [0.05, 0.1) is 11.3 Å². The first-order valence-electron chi connectivity index (χ1n) is 9.64. The Kier molecular flexibility index (Phi) is 4.79. The number of benzene rings is 1. The zero-order valence-corrected chi connectivity index (χ0v) is 16.7. The third-order valence-electron chi connectivity index (χ3n) is 5.24. The molecule has 29 heavy (non-hydrogen) atoms. The number of thiophene rings is 1. The van der Waals surface area contributed by atoms with Crippen LogP contribution in [0.2, 0.25) is 0 Å². The maximum atomic E-state index is 12.7. The van der Waals surface area contributed by atoms with Crippen molar-refractivity contribution in [3.63, 3.8) is 0 Å². The third-order valence-corrected chi connectivity index (χ3v) is 6.16. The van der Waals surface area contributed by atoms with Crippen LogP contribution in [0, 0.1) is 0 Å². The lowest BCUT2D eigenvalue weighted by molar-refractivity contribution is 0.244. The van der Waals surface area contributed by atoms with Crippen LogP contribution in [-0.4, -0.2) is 26.4 Å². The van der Waals surface area contributed by atoms with E-state index in [4.69, 9.17) is 4.98 Å². The summed E-state index contributed by atoms with van der Waals surface area (Å²) in [6.45, 7) is 2.38. The second-order valence-corrected chi connectivity index (χ2v) is 8.20. The Morgan fingerprint density at radius 3 is 2.69 bits per heavy atom. The Balaban J connectivity index is 1.34. The minimum Gasteiger partial charge on any atom is -0.306 e. The lowest BCUT2D eigenvalue weighted by Crippen LogP contribution is -2.35. The van der Waals surface area contributed by atoms with Gasteiger partial charge in [0, 0.05) is 48.9 Å². The van der Waals surface area contributed by atoms with E-state index in [1.54, 1.807) is 23.7 Å². The second kappa shape index (κ2) is 7.73. The van der Waals surface area contributed by atoms with E-state index in [-0.39, 0.29) is 5.56 Å². The molecule has 0 saturated carbocycles. The predicted molar refractivity (Wildman–Crippen MR) is 116 cm³/mol. The van der Waals surface area contributed by atoms with Gasteiger partial charge in [0.25, 0.3) is 5.56 Å². The molecule has 0 atom stereocenters. The molecule has 0 spiro atoms. The molecular formula is C23H20N4OS. The minimum atomic E-state index is -0.0392. The van der Waals surface area contributed by atoms with Crippen LogP contribution in [-0.2, 0) is 19.5 Å². The van der Waals surface area contributed by atoms with E-state index in [0.717, 1.165) is 36.3 Å². The minimum absolute atomic E-state index is 0.0392. The number of aromatic amines is 1. The molecule has 0 bridgehead atoms. The van der Waals surface area contributed by atoms with Crippen molar-refractivity contribution >= 4 is 11.3 Å². The lowest BCUT2D eigenvalue weighted by atomic mass is 10.1. The van der Waals surface area contributed by atoms with Crippen LogP contribution >= 0.6 is 11.3 Å². The maximum absolute atomic E-state index is 12.7. The number of rotatable bonds is 4. The highest BCUT2D eigenvalue weighted by Crippen LogP contribution is 2.27. The van der Waals surface area contributed by atoms with Gasteiger partial charge in [-0.3, -0.25) is 14.7 Å². The summed E-state index contributed by atoms with van der Waals surface area (Å²) in [6, 6.07) is 16.4. The molecule has 5 rings (SSSR count). The fourth-order valence-electron chi connectivity index (χ4n) is 3.73. The molecular weight excluding hydrogens is 380 g/mol. The van der Waals surface area contributed by atoms with Crippen LogP contribution in [0.25, 0.3) is 22.5 Å². The quantitative estimate of drug-likeness (QED) is 0.560. The van der Waals surface area contributed by atoms with E-state index in [1.165, 1.54) is 16.0 Å². The first-order chi connectivity index (χ1) is 14.3. The SMILES string of the molecule is O=c1[nH]c(-c2ccncc2)nc2c1CN(Cc1cc(-c3ccccc3)cs1)CC2. The first-order valence-corrected chi connectivity index (χ1v) is 10.5. The van der Waals surface area contributed by atoms with Crippen LogP contribution in [0.4, 0.5) is 0 Å². The summed E-state index contributed by atoms with van der Waals surface area (Å²) < 4.78 is 0. The average Bonchev–Trinajstić information content (AvgIpc) is 3.24. The molecule has 0 radical (unpaired) electrons. The topological polar surface area (TPSA) is 61.9 Å².